The minimum atomic E-state index is -0.483. The third-order valence-electron chi connectivity index (χ3n) is 3.15. The molecule has 2 aliphatic rings. The number of fused-ring (bicyclic) bond motifs is 2. The molecule has 0 N–H and O–H groups in total. The molecule has 1 aliphatic heterocycles. The van der Waals surface area contributed by atoms with Crippen molar-refractivity contribution in [2.75, 3.05) is 6.61 Å². The normalized spacial score (nSPS) is 33.3. The topological polar surface area (TPSA) is 52.6 Å². The fraction of sp³-hybridized carbons (Fsp3) is 0.636. The average molecular weight is 210 g/mol. The molecule has 0 aromatic heterocycles. The zero-order valence-electron chi connectivity index (χ0n) is 8.48. The van der Waals surface area contributed by atoms with E-state index in [4.69, 9.17) is 9.47 Å². The first-order valence-corrected chi connectivity index (χ1v) is 5.20. The minimum absolute atomic E-state index is 0.105. The van der Waals surface area contributed by atoms with Crippen molar-refractivity contribution in [3.8, 4) is 0 Å². The molecule has 4 heteroatoms. The molecule has 4 nitrogen and oxygen atoms in total. The van der Waals surface area contributed by atoms with Crippen molar-refractivity contribution in [1.29, 1.82) is 0 Å². The summed E-state index contributed by atoms with van der Waals surface area (Å²) in [6.45, 7) is 3.43. The van der Waals surface area contributed by atoms with Gasteiger partial charge < -0.3 is 9.47 Å². The Balaban J connectivity index is 1.92. The van der Waals surface area contributed by atoms with E-state index in [0.29, 0.717) is 5.92 Å². The standard InChI is InChI=1S/C11H14O4/c1-2-10(12)14-6-9-7-3-4-8(5-7)15-11(9)13/h2,7-9H,1,3-6H2. The van der Waals surface area contributed by atoms with Gasteiger partial charge in [-0.3, -0.25) is 4.79 Å². The van der Waals surface area contributed by atoms with Gasteiger partial charge in [-0.05, 0) is 25.2 Å². The van der Waals surface area contributed by atoms with Crippen molar-refractivity contribution >= 4 is 11.9 Å². The molecule has 15 heavy (non-hydrogen) atoms. The maximum atomic E-state index is 11.5. The van der Waals surface area contributed by atoms with Crippen LogP contribution in [-0.2, 0) is 19.1 Å². The van der Waals surface area contributed by atoms with Crippen LogP contribution in [0, 0.1) is 11.8 Å². The Bertz CT molecular complexity index is 297. The van der Waals surface area contributed by atoms with Gasteiger partial charge in [-0.15, -0.1) is 0 Å². The van der Waals surface area contributed by atoms with E-state index in [1.807, 2.05) is 0 Å². The van der Waals surface area contributed by atoms with Crippen molar-refractivity contribution in [2.24, 2.45) is 11.8 Å². The molecule has 0 spiro atoms. The molecule has 3 atom stereocenters. The second-order valence-electron chi connectivity index (χ2n) is 4.07. The molecular weight excluding hydrogens is 196 g/mol. The van der Waals surface area contributed by atoms with Crippen LogP contribution in [0.5, 0.6) is 0 Å². The van der Waals surface area contributed by atoms with Crippen LogP contribution in [0.1, 0.15) is 19.3 Å². The molecule has 1 saturated carbocycles. The van der Waals surface area contributed by atoms with Gasteiger partial charge in [-0.25, -0.2) is 4.79 Å². The number of hydrogen-bond donors (Lipinski definition) is 0. The van der Waals surface area contributed by atoms with Crippen LogP contribution in [0.2, 0.25) is 0 Å². The highest BCUT2D eigenvalue weighted by Crippen LogP contribution is 2.39. The lowest BCUT2D eigenvalue weighted by molar-refractivity contribution is -0.164. The summed E-state index contributed by atoms with van der Waals surface area (Å²) in [5.41, 5.74) is 0. The van der Waals surface area contributed by atoms with Crippen LogP contribution in [0.15, 0.2) is 12.7 Å². The molecule has 3 unspecified atom stereocenters. The zero-order valence-corrected chi connectivity index (χ0v) is 8.48. The predicted octanol–water partition coefficient (Wildman–Crippen LogP) is 1.06. The largest absolute Gasteiger partial charge is 0.462 e. The van der Waals surface area contributed by atoms with Gasteiger partial charge in [0.05, 0.1) is 5.92 Å². The first kappa shape index (κ1) is 10.2. The first-order chi connectivity index (χ1) is 7.20. The Labute approximate surface area is 88.2 Å². The molecular formula is C11H14O4. The molecule has 2 fully saturated rings. The van der Waals surface area contributed by atoms with Gasteiger partial charge in [-0.2, -0.15) is 0 Å². The molecule has 0 radical (unpaired) electrons. The van der Waals surface area contributed by atoms with E-state index < -0.39 is 5.97 Å². The van der Waals surface area contributed by atoms with Crippen LogP contribution in [0.25, 0.3) is 0 Å². The van der Waals surface area contributed by atoms with E-state index in [1.54, 1.807) is 0 Å². The molecule has 2 bridgehead atoms. The molecule has 2 rings (SSSR count). The maximum absolute atomic E-state index is 11.5. The van der Waals surface area contributed by atoms with E-state index in [-0.39, 0.29) is 24.6 Å². The monoisotopic (exact) mass is 210 g/mol. The van der Waals surface area contributed by atoms with Gasteiger partial charge in [0.15, 0.2) is 0 Å². The van der Waals surface area contributed by atoms with Crippen LogP contribution >= 0.6 is 0 Å². The van der Waals surface area contributed by atoms with Crippen molar-refractivity contribution < 1.29 is 19.1 Å². The zero-order chi connectivity index (χ0) is 10.8. The van der Waals surface area contributed by atoms with Gasteiger partial charge in [0.2, 0.25) is 0 Å². The van der Waals surface area contributed by atoms with E-state index in [0.717, 1.165) is 25.3 Å². The number of esters is 2. The Morgan fingerprint density at radius 1 is 1.60 bits per heavy atom. The van der Waals surface area contributed by atoms with E-state index in [9.17, 15) is 9.59 Å². The van der Waals surface area contributed by atoms with Crippen molar-refractivity contribution in [3.05, 3.63) is 12.7 Å². The lowest BCUT2D eigenvalue weighted by atomic mass is 9.90. The van der Waals surface area contributed by atoms with Gasteiger partial charge in [0, 0.05) is 6.08 Å². The minimum Gasteiger partial charge on any atom is -0.462 e. The summed E-state index contributed by atoms with van der Waals surface area (Å²) in [6.07, 6.45) is 4.07. The van der Waals surface area contributed by atoms with E-state index in [2.05, 4.69) is 6.58 Å². The summed E-state index contributed by atoms with van der Waals surface area (Å²) in [5.74, 6) is -0.643. The Morgan fingerprint density at radius 2 is 2.40 bits per heavy atom. The Hall–Kier alpha value is -1.32. The summed E-state index contributed by atoms with van der Waals surface area (Å²) in [6, 6.07) is 0. The summed E-state index contributed by atoms with van der Waals surface area (Å²) >= 11 is 0. The summed E-state index contributed by atoms with van der Waals surface area (Å²) in [7, 11) is 0. The fourth-order valence-electron chi connectivity index (χ4n) is 2.32. The van der Waals surface area contributed by atoms with Crippen LogP contribution in [-0.4, -0.2) is 24.6 Å². The number of rotatable bonds is 3. The molecule has 1 saturated heterocycles. The van der Waals surface area contributed by atoms with Gasteiger partial charge in [-0.1, -0.05) is 6.58 Å². The van der Waals surface area contributed by atoms with Crippen LogP contribution < -0.4 is 0 Å². The highest BCUT2D eigenvalue weighted by molar-refractivity contribution is 5.81. The molecule has 0 aromatic carbocycles. The second-order valence-corrected chi connectivity index (χ2v) is 4.07. The van der Waals surface area contributed by atoms with Crippen LogP contribution in [0.4, 0.5) is 0 Å². The molecule has 1 aliphatic carbocycles. The number of carbonyl (C=O) groups excluding carboxylic acids is 2. The second kappa shape index (κ2) is 4.04. The molecule has 0 amide bonds. The highest BCUT2D eigenvalue weighted by Gasteiger charge is 2.43. The molecule has 0 aromatic rings. The Kier molecular flexibility index (Phi) is 2.75. The lowest BCUT2D eigenvalue weighted by Crippen LogP contribution is -2.35. The van der Waals surface area contributed by atoms with E-state index in [1.165, 1.54) is 0 Å². The quantitative estimate of drug-likeness (QED) is 0.516. The number of carbonyl (C=O) groups is 2. The number of ether oxygens (including phenoxy) is 2. The molecule has 82 valence electrons. The van der Waals surface area contributed by atoms with Crippen LogP contribution in [0.3, 0.4) is 0 Å². The first-order valence-electron chi connectivity index (χ1n) is 5.20. The van der Waals surface area contributed by atoms with Gasteiger partial charge >= 0.3 is 11.9 Å². The van der Waals surface area contributed by atoms with E-state index >= 15 is 0 Å². The summed E-state index contributed by atoms with van der Waals surface area (Å²) in [4.78, 5) is 22.4. The van der Waals surface area contributed by atoms with Gasteiger partial charge in [0.25, 0.3) is 0 Å². The Morgan fingerprint density at radius 3 is 3.13 bits per heavy atom. The third-order valence-corrected chi connectivity index (χ3v) is 3.15. The van der Waals surface area contributed by atoms with Gasteiger partial charge in [0.1, 0.15) is 12.7 Å². The molecule has 1 heterocycles. The SMILES string of the molecule is C=CC(=O)OCC1C(=O)OC2CCC1C2. The summed E-state index contributed by atoms with van der Waals surface area (Å²) in [5, 5.41) is 0. The smallest absolute Gasteiger partial charge is 0.330 e. The predicted molar refractivity (Wildman–Crippen MR) is 51.9 cm³/mol. The maximum Gasteiger partial charge on any atom is 0.330 e. The highest BCUT2D eigenvalue weighted by atomic mass is 16.6. The summed E-state index contributed by atoms with van der Waals surface area (Å²) < 4.78 is 10.1. The lowest BCUT2D eigenvalue weighted by Gasteiger charge is -2.26. The number of hydrogen-bond acceptors (Lipinski definition) is 4. The van der Waals surface area contributed by atoms with Crippen molar-refractivity contribution in [3.63, 3.8) is 0 Å². The van der Waals surface area contributed by atoms with Crippen molar-refractivity contribution in [2.45, 2.75) is 25.4 Å². The van der Waals surface area contributed by atoms with Crippen molar-refractivity contribution in [1.82, 2.24) is 0 Å². The fourth-order valence-corrected chi connectivity index (χ4v) is 2.32. The average Bonchev–Trinajstić information content (AvgIpc) is 2.61. The third kappa shape index (κ3) is 2.03.